The Labute approximate surface area is 170 Å². The fraction of sp³-hybridized carbons (Fsp3) is 0.476. The van der Waals surface area contributed by atoms with Gasteiger partial charge in [0.2, 0.25) is 5.91 Å². The average molecular weight is 400 g/mol. The first kappa shape index (κ1) is 19.0. The molecule has 2 aromatic rings. The summed E-state index contributed by atoms with van der Waals surface area (Å²) in [7, 11) is 0. The number of anilines is 2. The van der Waals surface area contributed by atoms with E-state index >= 15 is 0 Å². The van der Waals surface area contributed by atoms with Crippen molar-refractivity contribution in [2.45, 2.75) is 32.2 Å². The molecular formula is C21H26ClN5O. The number of hydrogen-bond donors (Lipinski definition) is 1. The Balaban J connectivity index is 1.32. The molecule has 2 fully saturated rings. The molecule has 0 radical (unpaired) electrons. The molecule has 148 valence electrons. The van der Waals surface area contributed by atoms with Gasteiger partial charge in [0.15, 0.2) is 5.82 Å². The molecule has 4 rings (SSSR count). The van der Waals surface area contributed by atoms with Crippen LogP contribution in [0.15, 0.2) is 36.8 Å². The summed E-state index contributed by atoms with van der Waals surface area (Å²) in [6.45, 7) is 4.38. The van der Waals surface area contributed by atoms with Gasteiger partial charge in [-0.2, -0.15) is 0 Å². The van der Waals surface area contributed by atoms with Gasteiger partial charge in [-0.05, 0) is 43.4 Å². The molecule has 0 spiro atoms. The predicted molar refractivity (Wildman–Crippen MR) is 112 cm³/mol. The van der Waals surface area contributed by atoms with E-state index in [4.69, 9.17) is 11.6 Å². The molecule has 2 saturated heterocycles. The van der Waals surface area contributed by atoms with E-state index in [0.717, 1.165) is 56.1 Å². The van der Waals surface area contributed by atoms with E-state index < -0.39 is 0 Å². The third-order valence-electron chi connectivity index (χ3n) is 5.66. The Morgan fingerprint density at radius 3 is 2.50 bits per heavy atom. The van der Waals surface area contributed by atoms with E-state index in [1.165, 1.54) is 12.8 Å². The van der Waals surface area contributed by atoms with Crippen molar-refractivity contribution in [2.24, 2.45) is 5.92 Å². The maximum absolute atomic E-state index is 12.6. The van der Waals surface area contributed by atoms with Crippen LogP contribution < -0.4 is 15.1 Å². The number of hydrogen-bond acceptors (Lipinski definition) is 5. The van der Waals surface area contributed by atoms with E-state index in [1.54, 1.807) is 6.33 Å². The van der Waals surface area contributed by atoms with Crippen LogP contribution in [0.5, 0.6) is 0 Å². The molecule has 0 bridgehead atoms. The van der Waals surface area contributed by atoms with Crippen molar-refractivity contribution in [1.29, 1.82) is 0 Å². The van der Waals surface area contributed by atoms with Crippen LogP contribution in [0.1, 0.15) is 31.2 Å². The molecule has 2 aliphatic rings. The van der Waals surface area contributed by atoms with Crippen LogP contribution in [-0.2, 0) is 11.3 Å². The van der Waals surface area contributed by atoms with Gasteiger partial charge in [-0.1, -0.05) is 23.7 Å². The molecule has 1 N–H and O–H groups in total. The minimum absolute atomic E-state index is 0.0587. The lowest BCUT2D eigenvalue weighted by atomic mass is 9.95. The van der Waals surface area contributed by atoms with Gasteiger partial charge in [-0.3, -0.25) is 4.79 Å². The van der Waals surface area contributed by atoms with Gasteiger partial charge in [-0.15, -0.1) is 0 Å². The van der Waals surface area contributed by atoms with E-state index in [2.05, 4.69) is 25.1 Å². The number of amides is 1. The highest BCUT2D eigenvalue weighted by molar-refractivity contribution is 6.30. The monoisotopic (exact) mass is 399 g/mol. The highest BCUT2D eigenvalue weighted by Crippen LogP contribution is 2.31. The molecule has 6 nitrogen and oxygen atoms in total. The molecule has 0 unspecified atom stereocenters. The Bertz CT molecular complexity index is 799. The largest absolute Gasteiger partial charge is 0.367 e. The van der Waals surface area contributed by atoms with E-state index in [0.29, 0.717) is 11.6 Å². The lowest BCUT2D eigenvalue weighted by molar-refractivity contribution is -0.125. The van der Waals surface area contributed by atoms with Gasteiger partial charge in [0.05, 0.1) is 11.9 Å². The first-order chi connectivity index (χ1) is 13.7. The van der Waals surface area contributed by atoms with Crippen molar-refractivity contribution in [3.05, 3.63) is 47.4 Å². The minimum Gasteiger partial charge on any atom is -0.367 e. The Morgan fingerprint density at radius 1 is 1.07 bits per heavy atom. The van der Waals surface area contributed by atoms with Gasteiger partial charge in [-0.25, -0.2) is 9.97 Å². The van der Waals surface area contributed by atoms with Gasteiger partial charge >= 0.3 is 0 Å². The summed E-state index contributed by atoms with van der Waals surface area (Å²) < 4.78 is 0. The quantitative estimate of drug-likeness (QED) is 0.836. The number of carbonyl (C=O) groups excluding carboxylic acids is 1. The molecule has 2 aliphatic heterocycles. The van der Waals surface area contributed by atoms with Gasteiger partial charge in [0, 0.05) is 43.7 Å². The Hall–Kier alpha value is -2.34. The van der Waals surface area contributed by atoms with E-state index in [1.807, 2.05) is 30.5 Å². The smallest absolute Gasteiger partial charge is 0.223 e. The average Bonchev–Trinajstić information content (AvgIpc) is 3.28. The van der Waals surface area contributed by atoms with Crippen molar-refractivity contribution in [1.82, 2.24) is 15.3 Å². The topological polar surface area (TPSA) is 61.4 Å². The van der Waals surface area contributed by atoms with Gasteiger partial charge < -0.3 is 15.1 Å². The molecule has 28 heavy (non-hydrogen) atoms. The summed E-state index contributed by atoms with van der Waals surface area (Å²) in [5.41, 5.74) is 2.16. The second kappa shape index (κ2) is 8.78. The molecule has 1 amide bonds. The molecule has 0 atom stereocenters. The zero-order valence-electron chi connectivity index (χ0n) is 16.0. The fourth-order valence-electron chi connectivity index (χ4n) is 4.03. The number of carbonyl (C=O) groups is 1. The predicted octanol–water partition coefficient (Wildman–Crippen LogP) is 3.26. The van der Waals surface area contributed by atoms with Crippen LogP contribution in [0.25, 0.3) is 0 Å². The number of nitrogens with one attached hydrogen (secondary N) is 1. The number of aromatic nitrogens is 2. The molecule has 3 heterocycles. The van der Waals surface area contributed by atoms with Crippen molar-refractivity contribution >= 4 is 29.0 Å². The molecule has 7 heteroatoms. The lowest BCUT2D eigenvalue weighted by Gasteiger charge is -2.34. The summed E-state index contributed by atoms with van der Waals surface area (Å²) in [4.78, 5) is 26.0. The highest BCUT2D eigenvalue weighted by atomic mass is 35.5. The SMILES string of the molecule is O=C(NCc1ccc(Cl)cc1)C1CCN(c2cncnc2N2CCCC2)CC1. The summed E-state index contributed by atoms with van der Waals surface area (Å²) in [6.07, 6.45) is 7.69. The lowest BCUT2D eigenvalue weighted by Crippen LogP contribution is -2.41. The molecule has 0 saturated carbocycles. The summed E-state index contributed by atoms with van der Waals surface area (Å²) >= 11 is 5.91. The molecule has 1 aromatic heterocycles. The van der Waals surface area contributed by atoms with Crippen LogP contribution >= 0.6 is 11.6 Å². The zero-order valence-corrected chi connectivity index (χ0v) is 16.7. The van der Waals surface area contributed by atoms with Crippen molar-refractivity contribution < 1.29 is 4.79 Å². The van der Waals surface area contributed by atoms with Crippen LogP contribution in [0.2, 0.25) is 5.02 Å². The van der Waals surface area contributed by atoms with Gasteiger partial charge in [0.25, 0.3) is 0 Å². The van der Waals surface area contributed by atoms with Crippen LogP contribution in [-0.4, -0.2) is 42.1 Å². The van der Waals surface area contributed by atoms with Crippen LogP contribution in [0.4, 0.5) is 11.5 Å². The van der Waals surface area contributed by atoms with E-state index in [9.17, 15) is 4.79 Å². The summed E-state index contributed by atoms with van der Waals surface area (Å²) in [5, 5.41) is 3.77. The number of benzene rings is 1. The summed E-state index contributed by atoms with van der Waals surface area (Å²) in [5.74, 6) is 1.24. The number of rotatable bonds is 5. The van der Waals surface area contributed by atoms with Crippen LogP contribution in [0, 0.1) is 5.92 Å². The Morgan fingerprint density at radius 2 is 1.79 bits per heavy atom. The molecular weight excluding hydrogens is 374 g/mol. The molecule has 0 aliphatic carbocycles. The second-order valence-corrected chi connectivity index (χ2v) is 7.97. The third kappa shape index (κ3) is 4.38. The zero-order chi connectivity index (χ0) is 19.3. The molecule has 1 aromatic carbocycles. The normalized spacial score (nSPS) is 17.8. The maximum atomic E-state index is 12.6. The number of piperidine rings is 1. The van der Waals surface area contributed by atoms with Crippen molar-refractivity contribution in [2.75, 3.05) is 36.0 Å². The second-order valence-electron chi connectivity index (χ2n) is 7.53. The first-order valence-corrected chi connectivity index (χ1v) is 10.4. The van der Waals surface area contributed by atoms with Crippen molar-refractivity contribution in [3.63, 3.8) is 0 Å². The Kier molecular flexibility index (Phi) is 5.95. The number of halogens is 1. The third-order valence-corrected chi connectivity index (χ3v) is 5.92. The number of nitrogens with zero attached hydrogens (tertiary/aromatic N) is 4. The highest BCUT2D eigenvalue weighted by Gasteiger charge is 2.28. The van der Waals surface area contributed by atoms with E-state index in [-0.39, 0.29) is 11.8 Å². The maximum Gasteiger partial charge on any atom is 0.223 e. The summed E-state index contributed by atoms with van der Waals surface area (Å²) in [6, 6.07) is 7.59. The standard InChI is InChI=1S/C21H26ClN5O/c22-18-5-3-16(4-6-18)13-24-21(28)17-7-11-26(12-8-17)19-14-23-15-25-20(19)27-9-1-2-10-27/h3-6,14-15,17H,1-2,7-13H2,(H,24,28). The van der Waals surface area contributed by atoms with Crippen molar-refractivity contribution in [3.8, 4) is 0 Å². The first-order valence-electron chi connectivity index (χ1n) is 10.0. The minimum atomic E-state index is 0.0587. The van der Waals surface area contributed by atoms with Gasteiger partial charge in [0.1, 0.15) is 6.33 Å². The fourth-order valence-corrected chi connectivity index (χ4v) is 4.16. The van der Waals surface area contributed by atoms with Crippen LogP contribution in [0.3, 0.4) is 0 Å².